The fraction of sp³-hybridized carbons (Fsp3) is 0.900. The highest BCUT2D eigenvalue weighted by atomic mass is 16.3. The van der Waals surface area contributed by atoms with Gasteiger partial charge >= 0.3 is 0 Å². The number of amides is 1. The van der Waals surface area contributed by atoms with Crippen molar-refractivity contribution in [3.8, 4) is 0 Å². The lowest BCUT2D eigenvalue weighted by molar-refractivity contribution is -0.142. The van der Waals surface area contributed by atoms with Crippen molar-refractivity contribution in [3.05, 3.63) is 0 Å². The van der Waals surface area contributed by atoms with E-state index in [0.29, 0.717) is 5.92 Å². The van der Waals surface area contributed by atoms with E-state index in [4.69, 9.17) is 5.11 Å². The van der Waals surface area contributed by atoms with E-state index in [2.05, 4.69) is 6.92 Å². The standard InChI is InChI=1S/C10H19NO2/c1-3-4-8(2)10(13)11-5-9(6-11)7-12/h8-9,12H,3-7H2,1-2H3. The molecular weight excluding hydrogens is 166 g/mol. The molecule has 1 unspecified atom stereocenters. The van der Waals surface area contributed by atoms with Crippen molar-refractivity contribution in [1.29, 1.82) is 0 Å². The van der Waals surface area contributed by atoms with Crippen LogP contribution < -0.4 is 0 Å². The van der Waals surface area contributed by atoms with Crippen LogP contribution in [0.5, 0.6) is 0 Å². The molecule has 1 saturated heterocycles. The molecule has 0 spiro atoms. The molecule has 76 valence electrons. The summed E-state index contributed by atoms with van der Waals surface area (Å²) in [5, 5.41) is 8.79. The number of carbonyl (C=O) groups is 1. The van der Waals surface area contributed by atoms with E-state index in [0.717, 1.165) is 25.9 Å². The van der Waals surface area contributed by atoms with E-state index in [9.17, 15) is 4.79 Å². The quantitative estimate of drug-likeness (QED) is 0.706. The summed E-state index contributed by atoms with van der Waals surface area (Å²) in [7, 11) is 0. The first-order valence-corrected chi connectivity index (χ1v) is 5.08. The summed E-state index contributed by atoms with van der Waals surface area (Å²) in [4.78, 5) is 13.5. The smallest absolute Gasteiger partial charge is 0.225 e. The maximum atomic E-state index is 11.6. The molecule has 13 heavy (non-hydrogen) atoms. The molecular formula is C10H19NO2. The van der Waals surface area contributed by atoms with Crippen LogP contribution in [-0.4, -0.2) is 35.6 Å². The summed E-state index contributed by atoms with van der Waals surface area (Å²) < 4.78 is 0. The van der Waals surface area contributed by atoms with Gasteiger partial charge in [-0.2, -0.15) is 0 Å². The molecule has 1 aliphatic rings. The van der Waals surface area contributed by atoms with Gasteiger partial charge in [-0.05, 0) is 6.42 Å². The second-order valence-electron chi connectivity index (χ2n) is 3.98. The van der Waals surface area contributed by atoms with Gasteiger partial charge in [0.25, 0.3) is 0 Å². The predicted molar refractivity (Wildman–Crippen MR) is 51.2 cm³/mol. The Balaban J connectivity index is 2.25. The summed E-state index contributed by atoms with van der Waals surface area (Å²) in [6.07, 6.45) is 2.03. The third kappa shape index (κ3) is 2.44. The van der Waals surface area contributed by atoms with Crippen molar-refractivity contribution in [2.24, 2.45) is 11.8 Å². The van der Waals surface area contributed by atoms with Crippen LogP contribution >= 0.6 is 0 Å². The van der Waals surface area contributed by atoms with Gasteiger partial charge in [0.1, 0.15) is 0 Å². The first-order valence-electron chi connectivity index (χ1n) is 5.08. The van der Waals surface area contributed by atoms with E-state index in [1.54, 1.807) is 0 Å². The largest absolute Gasteiger partial charge is 0.396 e. The van der Waals surface area contributed by atoms with Crippen molar-refractivity contribution in [1.82, 2.24) is 4.90 Å². The molecule has 0 aromatic carbocycles. The molecule has 1 atom stereocenters. The normalized spacial score (nSPS) is 19.8. The lowest BCUT2D eigenvalue weighted by Crippen LogP contribution is -2.52. The Morgan fingerprint density at radius 2 is 2.23 bits per heavy atom. The molecule has 1 heterocycles. The number of rotatable bonds is 4. The number of likely N-dealkylation sites (tertiary alicyclic amines) is 1. The third-order valence-electron chi connectivity index (χ3n) is 2.67. The zero-order valence-corrected chi connectivity index (χ0v) is 8.49. The number of aliphatic hydroxyl groups is 1. The second-order valence-corrected chi connectivity index (χ2v) is 3.98. The van der Waals surface area contributed by atoms with E-state index in [1.807, 2.05) is 11.8 Å². The molecule has 3 nitrogen and oxygen atoms in total. The summed E-state index contributed by atoms with van der Waals surface area (Å²) in [5.41, 5.74) is 0. The average molecular weight is 185 g/mol. The van der Waals surface area contributed by atoms with Gasteiger partial charge < -0.3 is 10.0 Å². The monoisotopic (exact) mass is 185 g/mol. The van der Waals surface area contributed by atoms with Crippen molar-refractivity contribution in [3.63, 3.8) is 0 Å². The SMILES string of the molecule is CCCC(C)C(=O)N1CC(CO)C1. The van der Waals surface area contributed by atoms with Gasteiger partial charge in [-0.1, -0.05) is 20.3 Å². The van der Waals surface area contributed by atoms with E-state index < -0.39 is 0 Å². The molecule has 3 heteroatoms. The van der Waals surface area contributed by atoms with Crippen molar-refractivity contribution >= 4 is 5.91 Å². The Hall–Kier alpha value is -0.570. The summed E-state index contributed by atoms with van der Waals surface area (Å²) in [6, 6.07) is 0. The van der Waals surface area contributed by atoms with Crippen molar-refractivity contribution in [2.75, 3.05) is 19.7 Å². The molecule has 1 N–H and O–H groups in total. The zero-order chi connectivity index (χ0) is 9.84. The third-order valence-corrected chi connectivity index (χ3v) is 2.67. The van der Waals surface area contributed by atoms with Crippen LogP contribution in [0.3, 0.4) is 0 Å². The lowest BCUT2D eigenvalue weighted by Gasteiger charge is -2.39. The van der Waals surface area contributed by atoms with Gasteiger partial charge in [0.15, 0.2) is 0 Å². The molecule has 0 radical (unpaired) electrons. The number of hydrogen-bond donors (Lipinski definition) is 1. The summed E-state index contributed by atoms with van der Waals surface area (Å²) in [6.45, 7) is 5.80. The minimum absolute atomic E-state index is 0.157. The van der Waals surface area contributed by atoms with Gasteiger partial charge in [0, 0.05) is 31.5 Å². The van der Waals surface area contributed by atoms with Gasteiger partial charge in [-0.25, -0.2) is 0 Å². The predicted octanol–water partition coefficient (Wildman–Crippen LogP) is 0.873. The second kappa shape index (κ2) is 4.61. The summed E-state index contributed by atoms with van der Waals surface area (Å²) in [5.74, 6) is 0.744. The van der Waals surface area contributed by atoms with Crippen LogP contribution in [0, 0.1) is 11.8 Å². The van der Waals surface area contributed by atoms with Crippen LogP contribution in [0.25, 0.3) is 0 Å². The van der Waals surface area contributed by atoms with Crippen LogP contribution in [0.1, 0.15) is 26.7 Å². The zero-order valence-electron chi connectivity index (χ0n) is 8.49. The van der Waals surface area contributed by atoms with Crippen LogP contribution in [-0.2, 0) is 4.79 Å². The number of aliphatic hydroxyl groups excluding tert-OH is 1. The van der Waals surface area contributed by atoms with Crippen LogP contribution in [0.15, 0.2) is 0 Å². The Kier molecular flexibility index (Phi) is 3.72. The van der Waals surface area contributed by atoms with Crippen LogP contribution in [0.2, 0.25) is 0 Å². The van der Waals surface area contributed by atoms with Gasteiger partial charge in [-0.15, -0.1) is 0 Å². The van der Waals surface area contributed by atoms with Gasteiger partial charge in [-0.3, -0.25) is 4.79 Å². The Morgan fingerprint density at radius 1 is 1.62 bits per heavy atom. The molecule has 1 aliphatic heterocycles. The minimum atomic E-state index is 0.157. The Morgan fingerprint density at radius 3 is 2.69 bits per heavy atom. The first kappa shape index (κ1) is 10.5. The van der Waals surface area contributed by atoms with Gasteiger partial charge in [0.2, 0.25) is 5.91 Å². The van der Waals surface area contributed by atoms with Crippen molar-refractivity contribution < 1.29 is 9.90 Å². The first-order chi connectivity index (χ1) is 6.19. The highest BCUT2D eigenvalue weighted by Crippen LogP contribution is 2.19. The van der Waals surface area contributed by atoms with E-state index in [-0.39, 0.29) is 18.4 Å². The highest BCUT2D eigenvalue weighted by Gasteiger charge is 2.31. The van der Waals surface area contributed by atoms with Crippen molar-refractivity contribution in [2.45, 2.75) is 26.7 Å². The fourth-order valence-electron chi connectivity index (χ4n) is 1.73. The number of carbonyl (C=O) groups excluding carboxylic acids is 1. The Labute approximate surface area is 79.7 Å². The molecule has 0 saturated carbocycles. The average Bonchev–Trinajstić information content (AvgIpc) is 2.02. The van der Waals surface area contributed by atoms with E-state index >= 15 is 0 Å². The molecule has 1 rings (SSSR count). The molecule has 0 aromatic heterocycles. The molecule has 1 fully saturated rings. The number of nitrogens with zero attached hydrogens (tertiary/aromatic N) is 1. The van der Waals surface area contributed by atoms with E-state index in [1.165, 1.54) is 0 Å². The Bertz CT molecular complexity index is 176. The van der Waals surface area contributed by atoms with Gasteiger partial charge in [0.05, 0.1) is 0 Å². The van der Waals surface area contributed by atoms with Crippen LogP contribution in [0.4, 0.5) is 0 Å². The minimum Gasteiger partial charge on any atom is -0.396 e. The summed E-state index contributed by atoms with van der Waals surface area (Å²) >= 11 is 0. The molecule has 0 bridgehead atoms. The lowest BCUT2D eigenvalue weighted by atomic mass is 9.97. The highest BCUT2D eigenvalue weighted by molar-refractivity contribution is 5.79. The molecule has 0 aliphatic carbocycles. The fourth-order valence-corrected chi connectivity index (χ4v) is 1.73. The maximum Gasteiger partial charge on any atom is 0.225 e. The molecule has 0 aromatic rings. The number of hydrogen-bond acceptors (Lipinski definition) is 2. The maximum absolute atomic E-state index is 11.6. The topological polar surface area (TPSA) is 40.5 Å². The molecule has 1 amide bonds.